The smallest absolute Gasteiger partial charge is 0.229 e. The van der Waals surface area contributed by atoms with Crippen molar-refractivity contribution in [3.05, 3.63) is 41.7 Å². The third-order valence-corrected chi connectivity index (χ3v) is 3.86. The highest BCUT2D eigenvalue weighted by atomic mass is 15.2. The van der Waals surface area contributed by atoms with Crippen LogP contribution in [0.25, 0.3) is 11.0 Å². The summed E-state index contributed by atoms with van der Waals surface area (Å²) in [7, 11) is 2.15. The molecule has 1 aliphatic heterocycles. The third kappa shape index (κ3) is 2.34. The number of hydrogen-bond acceptors (Lipinski definition) is 5. The van der Waals surface area contributed by atoms with Crippen LogP contribution >= 0.6 is 0 Å². The summed E-state index contributed by atoms with van der Waals surface area (Å²) in [4.78, 5) is 11.0. The molecule has 6 nitrogen and oxygen atoms in total. The molecule has 0 fully saturated rings. The first-order valence-corrected chi connectivity index (χ1v) is 7.01. The molecular formula is C15H16N6. The molecule has 0 spiro atoms. The van der Waals surface area contributed by atoms with Gasteiger partial charge in [0, 0.05) is 25.0 Å². The lowest BCUT2D eigenvalue weighted by Gasteiger charge is -2.25. The highest BCUT2D eigenvalue weighted by Gasteiger charge is 2.13. The fourth-order valence-corrected chi connectivity index (χ4v) is 2.70. The molecule has 0 radical (unpaired) electrons. The highest BCUT2D eigenvalue weighted by molar-refractivity contribution is 5.74. The van der Waals surface area contributed by atoms with Crippen molar-refractivity contribution in [3.63, 3.8) is 0 Å². The second-order valence-corrected chi connectivity index (χ2v) is 5.46. The number of aromatic nitrogens is 4. The van der Waals surface area contributed by atoms with Crippen LogP contribution in [-0.4, -0.2) is 38.7 Å². The maximum Gasteiger partial charge on any atom is 0.229 e. The van der Waals surface area contributed by atoms with Gasteiger partial charge in [-0.15, -0.1) is 0 Å². The molecule has 3 heterocycles. The van der Waals surface area contributed by atoms with Crippen LogP contribution in [0, 0.1) is 0 Å². The van der Waals surface area contributed by atoms with Crippen molar-refractivity contribution in [3.8, 4) is 0 Å². The average molecular weight is 280 g/mol. The number of likely N-dealkylation sites (N-methyl/N-ethyl adjacent to an activating group) is 1. The Balaban J connectivity index is 1.63. The zero-order valence-electron chi connectivity index (χ0n) is 11.8. The van der Waals surface area contributed by atoms with Crippen LogP contribution in [-0.2, 0) is 13.0 Å². The standard InChI is InChI=1S/C15H16N6/c1-21-5-4-10-2-3-13(6-11(10)9-21)18-15-16-7-12-8-17-20-14(12)19-15/h2-3,6-8H,4-5,9H2,1H3,(H2,16,17,18,19,20). The first-order chi connectivity index (χ1) is 10.3. The van der Waals surface area contributed by atoms with Gasteiger partial charge in [-0.2, -0.15) is 10.1 Å². The molecule has 0 amide bonds. The van der Waals surface area contributed by atoms with Crippen molar-refractivity contribution in [1.29, 1.82) is 0 Å². The van der Waals surface area contributed by atoms with Gasteiger partial charge in [-0.05, 0) is 36.7 Å². The summed E-state index contributed by atoms with van der Waals surface area (Å²) in [5.74, 6) is 0.580. The molecule has 1 aliphatic rings. The van der Waals surface area contributed by atoms with Crippen molar-refractivity contribution in [2.24, 2.45) is 0 Å². The van der Waals surface area contributed by atoms with E-state index in [0.29, 0.717) is 5.95 Å². The Labute approximate surface area is 122 Å². The Morgan fingerprint density at radius 1 is 1.24 bits per heavy atom. The van der Waals surface area contributed by atoms with Gasteiger partial charge < -0.3 is 10.2 Å². The van der Waals surface area contributed by atoms with E-state index in [1.807, 2.05) is 0 Å². The SMILES string of the molecule is CN1CCc2ccc(Nc3ncc4cn[nH]c4n3)cc2C1. The molecular weight excluding hydrogens is 264 g/mol. The Kier molecular flexibility index (Phi) is 2.82. The van der Waals surface area contributed by atoms with Crippen LogP contribution in [0.4, 0.5) is 11.6 Å². The number of benzene rings is 1. The maximum absolute atomic E-state index is 4.41. The maximum atomic E-state index is 4.41. The van der Waals surface area contributed by atoms with Gasteiger partial charge in [-0.25, -0.2) is 4.98 Å². The van der Waals surface area contributed by atoms with Gasteiger partial charge >= 0.3 is 0 Å². The van der Waals surface area contributed by atoms with Crippen molar-refractivity contribution < 1.29 is 0 Å². The van der Waals surface area contributed by atoms with E-state index in [0.717, 1.165) is 36.2 Å². The lowest BCUT2D eigenvalue weighted by molar-refractivity contribution is 0.313. The molecule has 6 heteroatoms. The van der Waals surface area contributed by atoms with Crippen molar-refractivity contribution >= 4 is 22.7 Å². The zero-order valence-corrected chi connectivity index (χ0v) is 11.8. The molecule has 3 aromatic rings. The predicted molar refractivity (Wildman–Crippen MR) is 81.4 cm³/mol. The summed E-state index contributed by atoms with van der Waals surface area (Å²) in [6, 6.07) is 6.47. The molecule has 0 saturated heterocycles. The second-order valence-electron chi connectivity index (χ2n) is 5.46. The molecule has 106 valence electrons. The second kappa shape index (κ2) is 4.82. The Morgan fingerprint density at radius 2 is 2.19 bits per heavy atom. The van der Waals surface area contributed by atoms with Gasteiger partial charge in [0.1, 0.15) is 0 Å². The minimum Gasteiger partial charge on any atom is -0.324 e. The number of H-pyrrole nitrogens is 1. The lowest BCUT2D eigenvalue weighted by Crippen LogP contribution is -2.26. The fourth-order valence-electron chi connectivity index (χ4n) is 2.70. The summed E-state index contributed by atoms with van der Waals surface area (Å²) >= 11 is 0. The predicted octanol–water partition coefficient (Wildman–Crippen LogP) is 2.08. The molecule has 0 aliphatic carbocycles. The first-order valence-electron chi connectivity index (χ1n) is 7.01. The van der Waals surface area contributed by atoms with Crippen molar-refractivity contribution in [2.75, 3.05) is 18.9 Å². The van der Waals surface area contributed by atoms with Gasteiger partial charge in [0.25, 0.3) is 0 Å². The van der Waals surface area contributed by atoms with Gasteiger partial charge in [-0.3, -0.25) is 5.10 Å². The topological polar surface area (TPSA) is 69.7 Å². The van der Waals surface area contributed by atoms with Crippen LogP contribution in [0.5, 0.6) is 0 Å². The van der Waals surface area contributed by atoms with E-state index in [1.165, 1.54) is 11.1 Å². The average Bonchev–Trinajstić information content (AvgIpc) is 2.94. The molecule has 4 rings (SSSR count). The number of nitrogens with zero attached hydrogens (tertiary/aromatic N) is 4. The molecule has 1 aromatic carbocycles. The number of anilines is 2. The van der Waals surface area contributed by atoms with E-state index < -0.39 is 0 Å². The van der Waals surface area contributed by atoms with Gasteiger partial charge in [0.2, 0.25) is 5.95 Å². The monoisotopic (exact) mass is 280 g/mol. The number of nitrogens with one attached hydrogen (secondary N) is 2. The van der Waals surface area contributed by atoms with E-state index in [4.69, 9.17) is 0 Å². The Hall–Kier alpha value is -2.47. The summed E-state index contributed by atoms with van der Waals surface area (Å²) in [5, 5.41) is 11.0. The van der Waals surface area contributed by atoms with Gasteiger partial charge in [0.15, 0.2) is 5.65 Å². The minimum absolute atomic E-state index is 0.580. The number of aromatic amines is 1. The highest BCUT2D eigenvalue weighted by Crippen LogP contribution is 2.23. The van der Waals surface area contributed by atoms with E-state index in [9.17, 15) is 0 Å². The molecule has 0 unspecified atom stereocenters. The van der Waals surface area contributed by atoms with Crippen LogP contribution in [0.2, 0.25) is 0 Å². The van der Waals surface area contributed by atoms with Gasteiger partial charge in [-0.1, -0.05) is 6.07 Å². The Bertz CT molecular complexity index is 794. The number of fused-ring (bicyclic) bond motifs is 2. The molecule has 2 aromatic heterocycles. The van der Waals surface area contributed by atoms with Crippen LogP contribution in [0.15, 0.2) is 30.6 Å². The molecule has 0 bridgehead atoms. The number of rotatable bonds is 2. The summed E-state index contributed by atoms with van der Waals surface area (Å²) in [5.41, 5.74) is 4.56. The first kappa shape index (κ1) is 12.3. The minimum atomic E-state index is 0.580. The molecule has 2 N–H and O–H groups in total. The van der Waals surface area contributed by atoms with E-state index in [1.54, 1.807) is 12.4 Å². The molecule has 0 saturated carbocycles. The fraction of sp³-hybridized carbons (Fsp3) is 0.267. The summed E-state index contributed by atoms with van der Waals surface area (Å²) in [6.45, 7) is 2.12. The molecule has 21 heavy (non-hydrogen) atoms. The normalized spacial score (nSPS) is 15.1. The van der Waals surface area contributed by atoms with Gasteiger partial charge in [0.05, 0.1) is 11.6 Å². The molecule has 0 atom stereocenters. The Morgan fingerprint density at radius 3 is 3.14 bits per heavy atom. The van der Waals surface area contributed by atoms with E-state index >= 15 is 0 Å². The van der Waals surface area contributed by atoms with Crippen LogP contribution in [0.3, 0.4) is 0 Å². The summed E-state index contributed by atoms with van der Waals surface area (Å²) < 4.78 is 0. The van der Waals surface area contributed by atoms with Crippen LogP contribution in [0.1, 0.15) is 11.1 Å². The van der Waals surface area contributed by atoms with E-state index in [-0.39, 0.29) is 0 Å². The largest absolute Gasteiger partial charge is 0.324 e. The quantitative estimate of drug-likeness (QED) is 0.752. The summed E-state index contributed by atoms with van der Waals surface area (Å²) in [6.07, 6.45) is 4.59. The van der Waals surface area contributed by atoms with Crippen molar-refractivity contribution in [1.82, 2.24) is 25.1 Å². The third-order valence-electron chi connectivity index (χ3n) is 3.86. The number of hydrogen-bond donors (Lipinski definition) is 2. The zero-order chi connectivity index (χ0) is 14.2. The van der Waals surface area contributed by atoms with Crippen LogP contribution < -0.4 is 5.32 Å². The van der Waals surface area contributed by atoms with Crippen molar-refractivity contribution in [2.45, 2.75) is 13.0 Å². The lowest BCUT2D eigenvalue weighted by atomic mass is 9.99. The van der Waals surface area contributed by atoms with E-state index in [2.05, 4.69) is 55.6 Å².